The highest BCUT2D eigenvalue weighted by Gasteiger charge is 2.12. The third kappa shape index (κ3) is 2.03. The van der Waals surface area contributed by atoms with E-state index in [-0.39, 0.29) is 0 Å². The van der Waals surface area contributed by atoms with Crippen LogP contribution in [0.3, 0.4) is 0 Å². The van der Waals surface area contributed by atoms with Crippen LogP contribution in [0, 0.1) is 25.5 Å². The number of hydrogen-bond donors (Lipinski definition) is 1. The standard InChI is InChI=1S/C16H15BrN2S/c1-9-5-4-6-13-14(9)18-16(20)19(13)15-10(2)7-12(17)8-11(15)3/h4-8H,1-3H3,(H,18,20). The molecule has 0 radical (unpaired) electrons. The number of benzene rings is 2. The fourth-order valence-corrected chi connectivity index (χ4v) is 3.73. The first-order chi connectivity index (χ1) is 9.49. The van der Waals surface area contributed by atoms with E-state index >= 15 is 0 Å². The van der Waals surface area contributed by atoms with E-state index in [0.29, 0.717) is 0 Å². The summed E-state index contributed by atoms with van der Waals surface area (Å²) in [5, 5.41) is 0. The summed E-state index contributed by atoms with van der Waals surface area (Å²) < 4.78 is 3.97. The minimum absolute atomic E-state index is 0.739. The van der Waals surface area contributed by atoms with Crippen LogP contribution in [-0.2, 0) is 0 Å². The van der Waals surface area contributed by atoms with E-state index in [4.69, 9.17) is 12.2 Å². The lowest BCUT2D eigenvalue weighted by Crippen LogP contribution is -2.00. The van der Waals surface area contributed by atoms with E-state index in [2.05, 4.69) is 76.6 Å². The van der Waals surface area contributed by atoms with Crippen molar-refractivity contribution in [1.29, 1.82) is 0 Å². The fourth-order valence-electron chi connectivity index (χ4n) is 2.75. The number of rotatable bonds is 1. The van der Waals surface area contributed by atoms with Gasteiger partial charge in [-0.1, -0.05) is 28.1 Å². The summed E-state index contributed by atoms with van der Waals surface area (Å²) in [6, 6.07) is 10.5. The number of hydrogen-bond acceptors (Lipinski definition) is 1. The minimum Gasteiger partial charge on any atom is -0.330 e. The number of imidazole rings is 1. The normalized spacial score (nSPS) is 11.2. The molecule has 0 unspecified atom stereocenters. The molecule has 0 aliphatic heterocycles. The summed E-state index contributed by atoms with van der Waals surface area (Å²) >= 11 is 9.09. The Bertz CT molecular complexity index is 851. The molecule has 0 saturated heterocycles. The van der Waals surface area contributed by atoms with Gasteiger partial charge in [0.25, 0.3) is 0 Å². The Kier molecular flexibility index (Phi) is 3.30. The summed E-state index contributed by atoms with van der Waals surface area (Å²) in [5.74, 6) is 0. The third-order valence-corrected chi connectivity index (χ3v) is 4.35. The van der Waals surface area contributed by atoms with Crippen molar-refractivity contribution in [3.05, 3.63) is 56.3 Å². The van der Waals surface area contributed by atoms with Gasteiger partial charge in [0, 0.05) is 4.47 Å². The molecular weight excluding hydrogens is 332 g/mol. The monoisotopic (exact) mass is 346 g/mol. The largest absolute Gasteiger partial charge is 0.330 e. The van der Waals surface area contributed by atoms with Gasteiger partial charge in [-0.25, -0.2) is 0 Å². The average Bonchev–Trinajstić information content (AvgIpc) is 2.67. The van der Waals surface area contributed by atoms with Crippen LogP contribution in [0.1, 0.15) is 16.7 Å². The Hall–Kier alpha value is -1.39. The van der Waals surface area contributed by atoms with E-state index in [0.717, 1.165) is 26.0 Å². The molecule has 0 fully saturated rings. The van der Waals surface area contributed by atoms with Crippen molar-refractivity contribution < 1.29 is 0 Å². The molecule has 4 heteroatoms. The van der Waals surface area contributed by atoms with Crippen LogP contribution < -0.4 is 0 Å². The predicted octanol–water partition coefficient (Wildman–Crippen LogP) is 5.38. The quantitative estimate of drug-likeness (QED) is 0.587. The second-order valence-corrected chi connectivity index (χ2v) is 6.43. The molecule has 2 aromatic carbocycles. The molecule has 3 aromatic rings. The number of aromatic nitrogens is 2. The molecule has 0 aliphatic carbocycles. The zero-order valence-electron chi connectivity index (χ0n) is 11.6. The average molecular weight is 347 g/mol. The van der Waals surface area contributed by atoms with Gasteiger partial charge in [0.2, 0.25) is 0 Å². The molecule has 1 heterocycles. The van der Waals surface area contributed by atoms with E-state index in [1.165, 1.54) is 16.7 Å². The van der Waals surface area contributed by atoms with Crippen LogP contribution in [0.15, 0.2) is 34.8 Å². The second kappa shape index (κ2) is 4.86. The van der Waals surface area contributed by atoms with Crippen molar-refractivity contribution in [2.24, 2.45) is 0 Å². The molecule has 0 spiro atoms. The molecule has 0 atom stereocenters. The highest BCUT2D eigenvalue weighted by atomic mass is 79.9. The van der Waals surface area contributed by atoms with Gasteiger partial charge in [-0.2, -0.15) is 0 Å². The molecule has 102 valence electrons. The fraction of sp³-hybridized carbons (Fsp3) is 0.188. The molecule has 0 aliphatic rings. The minimum atomic E-state index is 0.739. The SMILES string of the molecule is Cc1cc(Br)cc(C)c1-n1c(=S)[nH]c2c(C)cccc21. The van der Waals surface area contributed by atoms with Crippen molar-refractivity contribution in [1.82, 2.24) is 9.55 Å². The van der Waals surface area contributed by atoms with Crippen LogP contribution in [0.5, 0.6) is 0 Å². The molecule has 1 N–H and O–H groups in total. The number of fused-ring (bicyclic) bond motifs is 1. The van der Waals surface area contributed by atoms with E-state index in [1.54, 1.807) is 0 Å². The summed E-state index contributed by atoms with van der Waals surface area (Å²) in [6.07, 6.45) is 0. The summed E-state index contributed by atoms with van der Waals surface area (Å²) in [4.78, 5) is 3.33. The number of aromatic amines is 1. The van der Waals surface area contributed by atoms with Gasteiger partial charge in [0.15, 0.2) is 4.77 Å². The number of aryl methyl sites for hydroxylation is 3. The highest BCUT2D eigenvalue weighted by Crippen LogP contribution is 2.28. The van der Waals surface area contributed by atoms with Crippen LogP contribution in [0.25, 0.3) is 16.7 Å². The lowest BCUT2D eigenvalue weighted by atomic mass is 10.1. The zero-order chi connectivity index (χ0) is 14.4. The number of halogens is 1. The van der Waals surface area contributed by atoms with Crippen LogP contribution >= 0.6 is 28.1 Å². The topological polar surface area (TPSA) is 20.7 Å². The Labute approximate surface area is 131 Å². The molecule has 2 nitrogen and oxygen atoms in total. The van der Waals surface area contributed by atoms with Crippen molar-refractivity contribution >= 4 is 39.2 Å². The Morgan fingerprint density at radius 2 is 1.70 bits per heavy atom. The number of H-pyrrole nitrogens is 1. The lowest BCUT2D eigenvalue weighted by molar-refractivity contribution is 1.03. The van der Waals surface area contributed by atoms with Crippen molar-refractivity contribution in [2.75, 3.05) is 0 Å². The molecule has 0 saturated carbocycles. The molecule has 0 bridgehead atoms. The van der Waals surface area contributed by atoms with E-state index in [9.17, 15) is 0 Å². The first-order valence-corrected chi connectivity index (χ1v) is 7.66. The second-order valence-electron chi connectivity index (χ2n) is 5.12. The van der Waals surface area contributed by atoms with Gasteiger partial charge in [0.1, 0.15) is 0 Å². The van der Waals surface area contributed by atoms with Gasteiger partial charge in [-0.3, -0.25) is 4.57 Å². The van der Waals surface area contributed by atoms with E-state index < -0.39 is 0 Å². The van der Waals surface area contributed by atoms with E-state index in [1.807, 2.05) is 0 Å². The predicted molar refractivity (Wildman–Crippen MR) is 90.4 cm³/mol. The highest BCUT2D eigenvalue weighted by molar-refractivity contribution is 9.10. The summed E-state index contributed by atoms with van der Waals surface area (Å²) in [7, 11) is 0. The Morgan fingerprint density at radius 3 is 2.35 bits per heavy atom. The van der Waals surface area contributed by atoms with Crippen LogP contribution in [0.4, 0.5) is 0 Å². The number of nitrogens with one attached hydrogen (secondary N) is 1. The molecule has 20 heavy (non-hydrogen) atoms. The third-order valence-electron chi connectivity index (χ3n) is 3.61. The smallest absolute Gasteiger partial charge is 0.182 e. The van der Waals surface area contributed by atoms with Gasteiger partial charge in [0.05, 0.1) is 16.7 Å². The van der Waals surface area contributed by atoms with Crippen molar-refractivity contribution in [3.8, 4) is 5.69 Å². The zero-order valence-corrected chi connectivity index (χ0v) is 14.0. The molecule has 3 rings (SSSR count). The summed E-state index contributed by atoms with van der Waals surface area (Å²) in [6.45, 7) is 6.33. The molecule has 0 amide bonds. The Balaban J connectivity index is 2.45. The first-order valence-electron chi connectivity index (χ1n) is 6.46. The molecule has 1 aromatic heterocycles. The number of nitrogens with zero attached hydrogens (tertiary/aromatic N) is 1. The lowest BCUT2D eigenvalue weighted by Gasteiger charge is -2.13. The maximum absolute atomic E-state index is 5.54. The van der Waals surface area contributed by atoms with Gasteiger partial charge >= 0.3 is 0 Å². The van der Waals surface area contributed by atoms with Gasteiger partial charge < -0.3 is 4.98 Å². The van der Waals surface area contributed by atoms with Crippen molar-refractivity contribution in [2.45, 2.75) is 20.8 Å². The first kappa shape index (κ1) is 13.6. The van der Waals surface area contributed by atoms with Crippen LogP contribution in [0.2, 0.25) is 0 Å². The maximum Gasteiger partial charge on any atom is 0.182 e. The van der Waals surface area contributed by atoms with Crippen LogP contribution in [-0.4, -0.2) is 9.55 Å². The van der Waals surface area contributed by atoms with Gasteiger partial charge in [-0.15, -0.1) is 0 Å². The maximum atomic E-state index is 5.54. The van der Waals surface area contributed by atoms with Gasteiger partial charge in [-0.05, 0) is 67.9 Å². The number of para-hydroxylation sites is 1. The Morgan fingerprint density at radius 1 is 1.05 bits per heavy atom. The van der Waals surface area contributed by atoms with Crippen molar-refractivity contribution in [3.63, 3.8) is 0 Å². The summed E-state index contributed by atoms with van der Waals surface area (Å²) in [5.41, 5.74) is 7.02. The molecular formula is C16H15BrN2S.